The second-order valence-electron chi connectivity index (χ2n) is 8.18. The van der Waals surface area contributed by atoms with E-state index in [-0.39, 0.29) is 11.6 Å². The number of carbonyl (C=O) groups excluding carboxylic acids is 1. The molecule has 0 unspecified atom stereocenters. The molecule has 1 aliphatic carbocycles. The van der Waals surface area contributed by atoms with Gasteiger partial charge in [0.05, 0.1) is 0 Å². The number of amides is 1. The average Bonchev–Trinajstić information content (AvgIpc) is 2.40. The molecule has 0 spiro atoms. The van der Waals surface area contributed by atoms with E-state index >= 15 is 0 Å². The first kappa shape index (κ1) is 17.5. The van der Waals surface area contributed by atoms with E-state index in [9.17, 15) is 4.79 Å². The Balaban J connectivity index is 1.74. The maximum Gasteiger partial charge on any atom is 0.408 e. The highest BCUT2D eigenvalue weighted by Gasteiger charge is 2.34. The highest BCUT2D eigenvalue weighted by Crippen LogP contribution is 2.32. The Morgan fingerprint density at radius 1 is 1.27 bits per heavy atom. The van der Waals surface area contributed by atoms with Crippen molar-refractivity contribution in [3.05, 3.63) is 0 Å². The highest BCUT2D eigenvalue weighted by atomic mass is 16.6. The van der Waals surface area contributed by atoms with Gasteiger partial charge in [-0.2, -0.15) is 0 Å². The predicted octanol–water partition coefficient (Wildman–Crippen LogP) is 2.37. The molecule has 22 heavy (non-hydrogen) atoms. The summed E-state index contributed by atoms with van der Waals surface area (Å²) in [6.07, 6.45) is 4.19. The van der Waals surface area contributed by atoms with Gasteiger partial charge in [0, 0.05) is 38.3 Å². The first-order valence-electron chi connectivity index (χ1n) is 8.70. The van der Waals surface area contributed by atoms with Gasteiger partial charge in [-0.1, -0.05) is 0 Å². The van der Waals surface area contributed by atoms with Crippen molar-refractivity contribution in [2.45, 2.75) is 64.5 Å². The molecule has 0 aromatic heterocycles. The van der Waals surface area contributed by atoms with Crippen LogP contribution in [0.4, 0.5) is 4.79 Å². The molecular weight excluding hydrogens is 278 g/mol. The topological polar surface area (TPSA) is 53.6 Å². The van der Waals surface area contributed by atoms with Gasteiger partial charge in [-0.15, -0.1) is 0 Å². The Hall–Kier alpha value is -0.810. The summed E-state index contributed by atoms with van der Waals surface area (Å²) in [5, 5.41) is 6.49. The number of hydrogen-bond acceptors (Lipinski definition) is 4. The van der Waals surface area contributed by atoms with Crippen LogP contribution < -0.4 is 10.6 Å². The van der Waals surface area contributed by atoms with Crippen LogP contribution in [-0.2, 0) is 4.74 Å². The first-order valence-corrected chi connectivity index (χ1v) is 8.70. The summed E-state index contributed by atoms with van der Waals surface area (Å²) in [4.78, 5) is 14.6. The Bertz CT molecular complexity index is 365. The van der Waals surface area contributed by atoms with Crippen molar-refractivity contribution in [3.63, 3.8) is 0 Å². The summed E-state index contributed by atoms with van der Waals surface area (Å²) in [5.74, 6) is 0.770. The predicted molar refractivity (Wildman–Crippen MR) is 89.0 cm³/mol. The lowest BCUT2D eigenvalue weighted by molar-refractivity contribution is 0.0416. The summed E-state index contributed by atoms with van der Waals surface area (Å²) in [5.41, 5.74) is -0.539. The largest absolute Gasteiger partial charge is 0.444 e. The van der Waals surface area contributed by atoms with Gasteiger partial charge in [0.2, 0.25) is 0 Å². The number of piperazine rings is 1. The summed E-state index contributed by atoms with van der Waals surface area (Å²) in [6, 6.07) is 0. The van der Waals surface area contributed by atoms with E-state index in [1.807, 2.05) is 20.8 Å². The minimum Gasteiger partial charge on any atom is -0.444 e. The quantitative estimate of drug-likeness (QED) is 0.840. The van der Waals surface area contributed by atoms with E-state index in [0.717, 1.165) is 31.8 Å². The maximum atomic E-state index is 12.0. The normalized spacial score (nSPS) is 30.8. The van der Waals surface area contributed by atoms with Crippen LogP contribution in [0.5, 0.6) is 0 Å². The zero-order valence-electron chi connectivity index (χ0n) is 14.7. The van der Waals surface area contributed by atoms with E-state index in [0.29, 0.717) is 0 Å². The van der Waals surface area contributed by atoms with Crippen molar-refractivity contribution in [1.29, 1.82) is 0 Å². The number of rotatable bonds is 3. The third-order valence-electron chi connectivity index (χ3n) is 4.74. The van der Waals surface area contributed by atoms with E-state index < -0.39 is 5.60 Å². The molecule has 2 N–H and O–H groups in total. The van der Waals surface area contributed by atoms with Crippen molar-refractivity contribution >= 4 is 6.09 Å². The molecule has 0 aromatic carbocycles. The molecule has 1 heterocycles. The molecule has 1 amide bonds. The van der Waals surface area contributed by atoms with Crippen LogP contribution >= 0.6 is 0 Å². The molecule has 0 atom stereocenters. The van der Waals surface area contributed by atoms with Gasteiger partial charge in [-0.05, 0) is 59.3 Å². The number of carbonyl (C=O) groups is 1. The minimum absolute atomic E-state index is 0.109. The van der Waals surface area contributed by atoms with Crippen molar-refractivity contribution in [3.8, 4) is 0 Å². The molecule has 1 saturated heterocycles. The van der Waals surface area contributed by atoms with E-state index in [1.165, 1.54) is 32.5 Å². The van der Waals surface area contributed by atoms with Crippen molar-refractivity contribution in [2.24, 2.45) is 5.92 Å². The fourth-order valence-electron chi connectivity index (χ4n) is 3.43. The number of hydrogen-bond donors (Lipinski definition) is 2. The van der Waals surface area contributed by atoms with Gasteiger partial charge in [-0.25, -0.2) is 4.79 Å². The molecule has 2 rings (SSSR count). The number of nitrogens with zero attached hydrogens (tertiary/aromatic N) is 1. The SMILES string of the molecule is CC1(NC(=O)OC(C)(C)C)CCC(CN2CCNCC2)CC1. The number of ether oxygens (including phenoxy) is 1. The highest BCUT2D eigenvalue weighted by molar-refractivity contribution is 5.68. The van der Waals surface area contributed by atoms with Crippen LogP contribution in [0, 0.1) is 5.92 Å². The third-order valence-corrected chi connectivity index (χ3v) is 4.74. The van der Waals surface area contributed by atoms with Crippen LogP contribution in [0.1, 0.15) is 53.4 Å². The molecule has 2 aliphatic rings. The van der Waals surface area contributed by atoms with Gasteiger partial charge in [0.15, 0.2) is 0 Å². The molecule has 5 nitrogen and oxygen atoms in total. The Labute approximate surface area is 135 Å². The fourth-order valence-corrected chi connectivity index (χ4v) is 3.43. The van der Waals surface area contributed by atoms with Crippen LogP contribution in [0.15, 0.2) is 0 Å². The maximum absolute atomic E-state index is 12.0. The van der Waals surface area contributed by atoms with Crippen molar-refractivity contribution in [1.82, 2.24) is 15.5 Å². The lowest BCUT2D eigenvalue weighted by atomic mass is 9.77. The second-order valence-corrected chi connectivity index (χ2v) is 8.18. The first-order chi connectivity index (χ1) is 10.3. The van der Waals surface area contributed by atoms with Gasteiger partial charge >= 0.3 is 6.09 Å². The monoisotopic (exact) mass is 311 g/mol. The summed E-state index contributed by atoms with van der Waals surface area (Å²) in [6.45, 7) is 13.6. The summed E-state index contributed by atoms with van der Waals surface area (Å²) < 4.78 is 5.39. The zero-order chi connectivity index (χ0) is 16.2. The molecule has 1 saturated carbocycles. The van der Waals surface area contributed by atoms with Crippen LogP contribution in [0.25, 0.3) is 0 Å². The molecule has 0 aromatic rings. The number of alkyl carbamates (subject to hydrolysis) is 1. The summed E-state index contributed by atoms with van der Waals surface area (Å²) in [7, 11) is 0. The Morgan fingerprint density at radius 3 is 2.41 bits per heavy atom. The molecule has 0 radical (unpaired) electrons. The van der Waals surface area contributed by atoms with Crippen molar-refractivity contribution in [2.75, 3.05) is 32.7 Å². The molecule has 0 bridgehead atoms. The van der Waals surface area contributed by atoms with Crippen molar-refractivity contribution < 1.29 is 9.53 Å². The molecule has 1 aliphatic heterocycles. The average molecular weight is 311 g/mol. The fraction of sp³-hybridized carbons (Fsp3) is 0.941. The smallest absolute Gasteiger partial charge is 0.408 e. The third kappa shape index (κ3) is 5.76. The molecular formula is C17H33N3O2. The molecule has 5 heteroatoms. The van der Waals surface area contributed by atoms with Crippen LogP contribution in [-0.4, -0.2) is 54.9 Å². The number of nitrogens with one attached hydrogen (secondary N) is 2. The lowest BCUT2D eigenvalue weighted by Gasteiger charge is -2.40. The zero-order valence-corrected chi connectivity index (χ0v) is 14.7. The van der Waals surface area contributed by atoms with E-state index in [4.69, 9.17) is 4.74 Å². The van der Waals surface area contributed by atoms with Gasteiger partial charge < -0.3 is 20.3 Å². The van der Waals surface area contributed by atoms with Crippen LogP contribution in [0.3, 0.4) is 0 Å². The standard InChI is InChI=1S/C17H33N3O2/c1-16(2,3)22-15(21)19-17(4)7-5-14(6-8-17)13-20-11-9-18-10-12-20/h14,18H,5-13H2,1-4H3,(H,19,21). The van der Waals surface area contributed by atoms with E-state index in [1.54, 1.807) is 0 Å². The van der Waals surface area contributed by atoms with Gasteiger partial charge in [0.25, 0.3) is 0 Å². The Morgan fingerprint density at radius 2 is 1.86 bits per heavy atom. The molecule has 128 valence electrons. The minimum atomic E-state index is -0.431. The Kier molecular flexibility index (Phi) is 5.72. The summed E-state index contributed by atoms with van der Waals surface area (Å²) >= 11 is 0. The van der Waals surface area contributed by atoms with Crippen LogP contribution in [0.2, 0.25) is 0 Å². The van der Waals surface area contributed by atoms with Gasteiger partial charge in [-0.3, -0.25) is 0 Å². The lowest BCUT2D eigenvalue weighted by Crippen LogP contribution is -2.51. The molecule has 2 fully saturated rings. The van der Waals surface area contributed by atoms with Gasteiger partial charge in [0.1, 0.15) is 5.60 Å². The second kappa shape index (κ2) is 7.18. The van der Waals surface area contributed by atoms with E-state index in [2.05, 4.69) is 22.5 Å².